The minimum Gasteiger partial charge on any atom is -0.338 e. The van der Waals surface area contributed by atoms with Gasteiger partial charge >= 0.3 is 0 Å². The molecule has 30 heavy (non-hydrogen) atoms. The maximum absolute atomic E-state index is 12.8. The number of nitrogens with one attached hydrogen (secondary N) is 1. The van der Waals surface area contributed by atoms with Gasteiger partial charge in [-0.3, -0.25) is 9.59 Å². The average Bonchev–Trinajstić information content (AvgIpc) is 2.68. The van der Waals surface area contributed by atoms with Crippen molar-refractivity contribution in [1.29, 1.82) is 0 Å². The third kappa shape index (κ3) is 6.16. The van der Waals surface area contributed by atoms with Gasteiger partial charge in [0.05, 0.1) is 5.75 Å². The number of likely N-dealkylation sites (tertiary alicyclic amines) is 1. The second kappa shape index (κ2) is 9.43. The highest BCUT2D eigenvalue weighted by Gasteiger charge is 2.23. The summed E-state index contributed by atoms with van der Waals surface area (Å²) in [5.74, 6) is -1.07. The summed E-state index contributed by atoms with van der Waals surface area (Å²) in [6.45, 7) is 5.51. The molecule has 1 heterocycles. The first kappa shape index (κ1) is 22.0. The number of carbonyl (C=O) groups is 2. The van der Waals surface area contributed by atoms with Gasteiger partial charge in [-0.2, -0.15) is 0 Å². The number of hydrogen-bond acceptors (Lipinski definition) is 4. The van der Waals surface area contributed by atoms with Crippen molar-refractivity contribution in [3.8, 4) is 0 Å². The van der Waals surface area contributed by atoms with Crippen LogP contribution in [0.3, 0.4) is 0 Å². The Kier molecular flexibility index (Phi) is 6.92. The van der Waals surface area contributed by atoms with Gasteiger partial charge in [-0.1, -0.05) is 36.8 Å². The summed E-state index contributed by atoms with van der Waals surface area (Å²) in [5.41, 5.74) is 2.60. The summed E-state index contributed by atoms with van der Waals surface area (Å²) in [6.07, 6.45) is 2.10. The highest BCUT2D eigenvalue weighted by atomic mass is 32.2. The van der Waals surface area contributed by atoms with Crippen LogP contribution in [0.5, 0.6) is 0 Å². The highest BCUT2D eigenvalue weighted by Crippen LogP contribution is 2.19. The Hall–Kier alpha value is -2.67. The molecule has 0 aromatic heterocycles. The maximum atomic E-state index is 12.8. The van der Waals surface area contributed by atoms with Crippen molar-refractivity contribution in [3.63, 3.8) is 0 Å². The molecule has 1 unspecified atom stereocenters. The molecule has 1 fully saturated rings. The number of aryl methyl sites for hydroxylation is 1. The van der Waals surface area contributed by atoms with Crippen molar-refractivity contribution in [2.75, 3.05) is 24.2 Å². The number of benzene rings is 2. The monoisotopic (exact) mass is 428 g/mol. The lowest BCUT2D eigenvalue weighted by atomic mass is 9.99. The number of hydrogen-bond donors (Lipinski definition) is 1. The second-order valence-corrected chi connectivity index (χ2v) is 10.2. The van der Waals surface area contributed by atoms with Crippen molar-refractivity contribution in [3.05, 3.63) is 65.2 Å². The number of anilines is 1. The highest BCUT2D eigenvalue weighted by molar-refractivity contribution is 7.91. The average molecular weight is 429 g/mol. The molecule has 1 saturated heterocycles. The number of rotatable bonds is 6. The molecule has 1 aliphatic rings. The Morgan fingerprint density at radius 1 is 1.13 bits per heavy atom. The predicted octanol–water partition coefficient (Wildman–Crippen LogP) is 3.42. The molecular weight excluding hydrogens is 400 g/mol. The number of amides is 2. The lowest BCUT2D eigenvalue weighted by Crippen LogP contribution is -2.39. The first-order chi connectivity index (χ1) is 14.2. The summed E-state index contributed by atoms with van der Waals surface area (Å²) >= 11 is 0. The van der Waals surface area contributed by atoms with Gasteiger partial charge in [-0.25, -0.2) is 8.42 Å². The molecule has 6 nitrogen and oxygen atoms in total. The van der Waals surface area contributed by atoms with Gasteiger partial charge in [-0.15, -0.1) is 0 Å². The number of nitrogens with zero attached hydrogens (tertiary/aromatic N) is 1. The standard InChI is InChI=1S/C23H28N2O4S/c1-17-8-10-21(11-9-17)24-22(26)16-30(28,29)15-19-6-3-7-20(13-19)23(27)25-12-4-5-18(2)14-25/h3,6-11,13,18H,4-5,12,14-16H2,1-2H3,(H,24,26). The smallest absolute Gasteiger partial charge is 0.253 e. The van der Waals surface area contributed by atoms with Crippen LogP contribution in [-0.4, -0.2) is 44.0 Å². The van der Waals surface area contributed by atoms with Crippen molar-refractivity contribution in [1.82, 2.24) is 4.90 Å². The van der Waals surface area contributed by atoms with Gasteiger partial charge in [-0.05, 0) is 55.5 Å². The van der Waals surface area contributed by atoms with Gasteiger partial charge < -0.3 is 10.2 Å². The zero-order valence-corrected chi connectivity index (χ0v) is 18.2. The van der Waals surface area contributed by atoms with E-state index in [0.29, 0.717) is 22.7 Å². The molecule has 2 aromatic carbocycles. The minimum atomic E-state index is -3.68. The van der Waals surface area contributed by atoms with Crippen LogP contribution in [-0.2, 0) is 20.4 Å². The van der Waals surface area contributed by atoms with E-state index in [4.69, 9.17) is 0 Å². The SMILES string of the molecule is Cc1ccc(NC(=O)CS(=O)(=O)Cc2cccc(C(=O)N3CCCC(C)C3)c2)cc1. The topological polar surface area (TPSA) is 83.5 Å². The van der Waals surface area contributed by atoms with Crippen LogP contribution in [0.2, 0.25) is 0 Å². The second-order valence-electron chi connectivity index (χ2n) is 8.15. The zero-order chi connectivity index (χ0) is 21.7. The fourth-order valence-corrected chi connectivity index (χ4v) is 4.95. The van der Waals surface area contributed by atoms with Crippen molar-refractivity contribution < 1.29 is 18.0 Å². The normalized spacial score (nSPS) is 16.9. The molecule has 2 aromatic rings. The van der Waals surface area contributed by atoms with Gasteiger partial charge in [0, 0.05) is 24.3 Å². The van der Waals surface area contributed by atoms with Gasteiger partial charge in [0.2, 0.25) is 5.91 Å². The molecule has 2 amide bonds. The van der Waals surface area contributed by atoms with E-state index in [1.54, 1.807) is 36.4 Å². The fraction of sp³-hybridized carbons (Fsp3) is 0.391. The summed E-state index contributed by atoms with van der Waals surface area (Å²) < 4.78 is 25.0. The van der Waals surface area contributed by atoms with Gasteiger partial charge in [0.25, 0.3) is 5.91 Å². The minimum absolute atomic E-state index is 0.0714. The van der Waals surface area contributed by atoms with Gasteiger partial charge in [0.1, 0.15) is 5.75 Å². The van der Waals surface area contributed by atoms with Crippen LogP contribution >= 0.6 is 0 Å². The van der Waals surface area contributed by atoms with Crippen LogP contribution in [0.4, 0.5) is 5.69 Å². The molecule has 0 saturated carbocycles. The fourth-order valence-electron chi connectivity index (χ4n) is 3.69. The maximum Gasteiger partial charge on any atom is 0.253 e. The van der Waals surface area contributed by atoms with E-state index in [1.165, 1.54) is 0 Å². The Bertz CT molecular complexity index is 1020. The van der Waals surface area contributed by atoms with Crippen LogP contribution in [0.15, 0.2) is 48.5 Å². The number of carbonyl (C=O) groups excluding carboxylic acids is 2. The van der Waals surface area contributed by atoms with E-state index in [-0.39, 0.29) is 11.7 Å². The van der Waals surface area contributed by atoms with E-state index in [9.17, 15) is 18.0 Å². The van der Waals surface area contributed by atoms with E-state index in [1.807, 2.05) is 24.0 Å². The van der Waals surface area contributed by atoms with Crippen molar-refractivity contribution >= 4 is 27.3 Å². The largest absolute Gasteiger partial charge is 0.338 e. The predicted molar refractivity (Wildman–Crippen MR) is 118 cm³/mol. The molecule has 1 aliphatic heterocycles. The zero-order valence-electron chi connectivity index (χ0n) is 17.4. The molecule has 0 bridgehead atoms. The van der Waals surface area contributed by atoms with Crippen molar-refractivity contribution in [2.24, 2.45) is 5.92 Å². The van der Waals surface area contributed by atoms with Crippen LogP contribution < -0.4 is 5.32 Å². The summed E-state index contributed by atoms with van der Waals surface area (Å²) in [7, 11) is -3.68. The van der Waals surface area contributed by atoms with Gasteiger partial charge in [0.15, 0.2) is 9.84 Å². The van der Waals surface area contributed by atoms with E-state index >= 15 is 0 Å². The Morgan fingerprint density at radius 3 is 2.57 bits per heavy atom. The van der Waals surface area contributed by atoms with E-state index in [0.717, 1.165) is 31.5 Å². The molecule has 0 spiro atoms. The first-order valence-corrected chi connectivity index (χ1v) is 12.0. The summed E-state index contributed by atoms with van der Waals surface area (Å²) in [4.78, 5) is 26.8. The molecule has 1 N–H and O–H groups in total. The Morgan fingerprint density at radius 2 is 1.87 bits per heavy atom. The molecule has 3 rings (SSSR count). The quantitative estimate of drug-likeness (QED) is 0.764. The van der Waals surface area contributed by atoms with Crippen LogP contribution in [0.1, 0.15) is 41.3 Å². The van der Waals surface area contributed by atoms with E-state index in [2.05, 4.69) is 12.2 Å². The first-order valence-electron chi connectivity index (χ1n) is 10.2. The molecule has 7 heteroatoms. The van der Waals surface area contributed by atoms with Crippen LogP contribution in [0, 0.1) is 12.8 Å². The van der Waals surface area contributed by atoms with E-state index < -0.39 is 21.5 Å². The molecular formula is C23H28N2O4S. The third-order valence-electron chi connectivity index (χ3n) is 5.19. The summed E-state index contributed by atoms with van der Waals surface area (Å²) in [5, 5.41) is 2.61. The van der Waals surface area contributed by atoms with Crippen molar-refractivity contribution in [2.45, 2.75) is 32.4 Å². The molecule has 0 aliphatic carbocycles. The Balaban J connectivity index is 1.63. The molecule has 1 atom stereocenters. The number of sulfone groups is 1. The molecule has 0 radical (unpaired) electrons. The Labute approximate surface area is 178 Å². The lowest BCUT2D eigenvalue weighted by molar-refractivity contribution is -0.113. The third-order valence-corrected chi connectivity index (χ3v) is 6.67. The lowest BCUT2D eigenvalue weighted by Gasteiger charge is -2.31. The molecule has 160 valence electrons. The summed E-state index contributed by atoms with van der Waals surface area (Å²) in [6, 6.07) is 13.8. The van der Waals surface area contributed by atoms with Crippen LogP contribution in [0.25, 0.3) is 0 Å². The number of piperidine rings is 1.